The summed E-state index contributed by atoms with van der Waals surface area (Å²) in [7, 11) is 2.19. The zero-order chi connectivity index (χ0) is 32.9. The van der Waals surface area contributed by atoms with Crippen molar-refractivity contribution in [1.29, 1.82) is 0 Å². The number of aromatic nitrogens is 2. The van der Waals surface area contributed by atoms with E-state index >= 15 is 0 Å². The van der Waals surface area contributed by atoms with Crippen LogP contribution in [-0.2, 0) is 45.5 Å². The molecule has 2 amide bonds. The lowest BCUT2D eigenvalue weighted by atomic mass is 9.91. The fraction of sp³-hybridized carbons (Fsp3) is 0.519. The van der Waals surface area contributed by atoms with Crippen LogP contribution in [0.5, 0.6) is 0 Å². The van der Waals surface area contributed by atoms with Crippen LogP contribution in [0.25, 0.3) is 0 Å². The molecule has 0 unspecified atom stereocenters. The molecule has 0 aliphatic carbocycles. The van der Waals surface area contributed by atoms with E-state index in [1.165, 1.54) is 32.2 Å². The summed E-state index contributed by atoms with van der Waals surface area (Å²) in [6, 6.07) is 4.76. The van der Waals surface area contributed by atoms with Gasteiger partial charge in [0.05, 0.1) is 39.1 Å². The van der Waals surface area contributed by atoms with Gasteiger partial charge in [-0.15, -0.1) is 0 Å². The number of hydrogen-bond acceptors (Lipinski definition) is 9. The molecular weight excluding hydrogens is 597 g/mol. The van der Waals surface area contributed by atoms with Crippen LogP contribution in [0, 0.1) is 6.92 Å². The van der Waals surface area contributed by atoms with Gasteiger partial charge < -0.3 is 34.3 Å². The SMILES string of the molecule is COCCOCCOC[C@@H](CN(CC(=O)O)C(=O)Cn1cc(C)c(=O)[nH]c1=O)NC(=O)[C@](OC)(c1ccccc1)C(F)(F)F. The summed E-state index contributed by atoms with van der Waals surface area (Å²) in [6.45, 7) is -0.831. The summed E-state index contributed by atoms with van der Waals surface area (Å²) in [6.07, 6.45) is -4.15. The maximum absolute atomic E-state index is 14.5. The van der Waals surface area contributed by atoms with Gasteiger partial charge in [0.1, 0.15) is 13.1 Å². The number of nitrogens with zero attached hydrogens (tertiary/aromatic N) is 2. The van der Waals surface area contributed by atoms with Crippen LogP contribution in [0.1, 0.15) is 11.1 Å². The zero-order valence-electron chi connectivity index (χ0n) is 24.3. The van der Waals surface area contributed by atoms with Crippen molar-refractivity contribution in [2.24, 2.45) is 0 Å². The molecule has 0 fully saturated rings. The number of carbonyl (C=O) groups is 3. The third-order valence-electron chi connectivity index (χ3n) is 6.28. The maximum atomic E-state index is 14.5. The van der Waals surface area contributed by atoms with Gasteiger partial charge in [-0.25, -0.2) is 4.79 Å². The monoisotopic (exact) mass is 632 g/mol. The smallest absolute Gasteiger partial charge is 0.430 e. The molecule has 44 heavy (non-hydrogen) atoms. The van der Waals surface area contributed by atoms with Gasteiger partial charge >= 0.3 is 17.8 Å². The molecule has 2 aromatic rings. The van der Waals surface area contributed by atoms with Crippen LogP contribution in [0.15, 0.2) is 46.1 Å². The number of H-pyrrole nitrogens is 1. The number of aliphatic carboxylic acids is 1. The summed E-state index contributed by atoms with van der Waals surface area (Å²) < 4.78 is 64.7. The Kier molecular flexibility index (Phi) is 13.7. The Balaban J connectivity index is 2.38. The topological polar surface area (TPSA) is 178 Å². The third kappa shape index (κ3) is 9.73. The summed E-state index contributed by atoms with van der Waals surface area (Å²) >= 11 is 0. The minimum Gasteiger partial charge on any atom is -0.480 e. The summed E-state index contributed by atoms with van der Waals surface area (Å²) in [5, 5.41) is 11.6. The second kappa shape index (κ2) is 16.7. The van der Waals surface area contributed by atoms with E-state index in [9.17, 15) is 42.3 Å². The van der Waals surface area contributed by atoms with Crippen molar-refractivity contribution >= 4 is 17.8 Å². The van der Waals surface area contributed by atoms with E-state index in [0.29, 0.717) is 13.7 Å². The Labute approximate surface area is 249 Å². The molecule has 0 saturated carbocycles. The number of carboxylic acids is 1. The fourth-order valence-electron chi connectivity index (χ4n) is 4.10. The number of rotatable bonds is 18. The van der Waals surface area contributed by atoms with E-state index in [1.54, 1.807) is 0 Å². The second-order valence-corrected chi connectivity index (χ2v) is 9.47. The van der Waals surface area contributed by atoms with Crippen molar-refractivity contribution in [1.82, 2.24) is 19.8 Å². The number of halogens is 3. The van der Waals surface area contributed by atoms with Crippen LogP contribution < -0.4 is 16.6 Å². The summed E-state index contributed by atoms with van der Waals surface area (Å²) in [5.74, 6) is -4.06. The van der Waals surface area contributed by atoms with Crippen LogP contribution in [0.2, 0.25) is 0 Å². The molecule has 0 bridgehead atoms. The Bertz CT molecular complexity index is 1370. The first kappa shape index (κ1) is 36.1. The van der Waals surface area contributed by atoms with Crippen molar-refractivity contribution in [3.8, 4) is 0 Å². The highest BCUT2D eigenvalue weighted by Gasteiger charge is 2.62. The molecule has 0 aliphatic rings. The molecule has 14 nitrogen and oxygen atoms in total. The average Bonchev–Trinajstić information content (AvgIpc) is 2.95. The number of amides is 2. The minimum absolute atomic E-state index is 0.0604. The average molecular weight is 633 g/mol. The Hall–Kier alpha value is -4.06. The highest BCUT2D eigenvalue weighted by atomic mass is 19.4. The molecule has 1 heterocycles. The van der Waals surface area contributed by atoms with Gasteiger partial charge in [0, 0.05) is 38.1 Å². The normalized spacial score (nSPS) is 13.6. The molecule has 17 heteroatoms. The van der Waals surface area contributed by atoms with Crippen molar-refractivity contribution < 1.29 is 51.6 Å². The van der Waals surface area contributed by atoms with Crippen LogP contribution >= 0.6 is 0 Å². The second-order valence-electron chi connectivity index (χ2n) is 9.47. The van der Waals surface area contributed by atoms with Gasteiger partial charge in [0.15, 0.2) is 0 Å². The van der Waals surface area contributed by atoms with Gasteiger partial charge in [-0.2, -0.15) is 13.2 Å². The first-order valence-electron chi connectivity index (χ1n) is 13.2. The first-order chi connectivity index (χ1) is 20.8. The summed E-state index contributed by atoms with van der Waals surface area (Å²) in [4.78, 5) is 64.8. The number of aryl methyl sites for hydroxylation is 1. The van der Waals surface area contributed by atoms with Gasteiger partial charge in [0.25, 0.3) is 17.1 Å². The third-order valence-corrected chi connectivity index (χ3v) is 6.28. The van der Waals surface area contributed by atoms with Crippen LogP contribution in [0.4, 0.5) is 13.2 Å². The molecule has 1 aromatic carbocycles. The Morgan fingerprint density at radius 2 is 1.68 bits per heavy atom. The van der Waals surface area contributed by atoms with E-state index in [1.807, 2.05) is 4.98 Å². The number of ether oxygens (including phenoxy) is 4. The molecule has 0 spiro atoms. The predicted octanol–water partition coefficient (Wildman–Crippen LogP) is 0.0268. The Morgan fingerprint density at radius 1 is 1.05 bits per heavy atom. The number of nitrogens with one attached hydrogen (secondary N) is 2. The molecule has 0 saturated heterocycles. The van der Waals surface area contributed by atoms with Crippen LogP contribution in [-0.4, -0.2) is 110 Å². The number of carbonyl (C=O) groups excluding carboxylic acids is 2. The number of benzene rings is 1. The fourth-order valence-corrected chi connectivity index (χ4v) is 4.10. The molecule has 0 aliphatic heterocycles. The molecule has 3 N–H and O–H groups in total. The van der Waals surface area contributed by atoms with Gasteiger partial charge in [-0.3, -0.25) is 28.7 Å². The number of carboxylic acid groups (broad SMARTS) is 1. The quantitative estimate of drug-likeness (QED) is 0.190. The van der Waals surface area contributed by atoms with Gasteiger partial charge in [-0.05, 0) is 6.92 Å². The van der Waals surface area contributed by atoms with Crippen molar-refractivity contribution in [2.75, 3.05) is 60.3 Å². The Morgan fingerprint density at radius 3 is 2.27 bits per heavy atom. The number of alkyl halides is 3. The van der Waals surface area contributed by atoms with Gasteiger partial charge in [0.2, 0.25) is 5.91 Å². The maximum Gasteiger partial charge on any atom is 0.430 e. The van der Waals surface area contributed by atoms with E-state index in [2.05, 4.69) is 5.32 Å². The molecule has 0 radical (unpaired) electrons. The highest BCUT2D eigenvalue weighted by Crippen LogP contribution is 2.42. The van der Waals surface area contributed by atoms with Crippen molar-refractivity contribution in [2.45, 2.75) is 31.3 Å². The molecular formula is C27H35F3N4O10. The number of aromatic amines is 1. The lowest BCUT2D eigenvalue weighted by Crippen LogP contribution is -2.60. The van der Waals surface area contributed by atoms with E-state index in [0.717, 1.165) is 27.8 Å². The van der Waals surface area contributed by atoms with Crippen LogP contribution in [0.3, 0.4) is 0 Å². The molecule has 2 atom stereocenters. The number of methoxy groups -OCH3 is 2. The number of hydrogen-bond donors (Lipinski definition) is 3. The largest absolute Gasteiger partial charge is 0.480 e. The van der Waals surface area contributed by atoms with E-state index in [4.69, 9.17) is 18.9 Å². The summed E-state index contributed by atoms with van der Waals surface area (Å²) in [5.41, 5.74) is -5.51. The first-order valence-corrected chi connectivity index (χ1v) is 13.2. The standard InChI is InChI=1S/C27H35F3N4O10/c1-18-13-34(25(40)32-23(18)38)15-21(35)33(16-22(36)37)14-20(17-44-12-11-43-10-9-41-2)31-24(39)26(42-3,27(28,29)30)19-7-5-4-6-8-19/h4-8,13,20H,9-12,14-17H2,1-3H3,(H,31,39)(H,36,37)(H,32,38,40)/t20-,26-/m1/s1. The molecule has 244 valence electrons. The molecule has 2 rings (SSSR count). The van der Waals surface area contributed by atoms with Gasteiger partial charge in [-0.1, -0.05) is 30.3 Å². The lowest BCUT2D eigenvalue weighted by Gasteiger charge is -2.35. The minimum atomic E-state index is -5.24. The lowest BCUT2D eigenvalue weighted by molar-refractivity contribution is -0.266. The van der Waals surface area contributed by atoms with Crippen molar-refractivity contribution in [3.05, 3.63) is 68.5 Å². The molecule has 1 aromatic heterocycles. The predicted molar refractivity (Wildman–Crippen MR) is 147 cm³/mol. The van der Waals surface area contributed by atoms with E-state index < -0.39 is 78.7 Å². The zero-order valence-corrected chi connectivity index (χ0v) is 24.3. The van der Waals surface area contributed by atoms with E-state index in [-0.39, 0.29) is 25.4 Å². The highest BCUT2D eigenvalue weighted by molar-refractivity contribution is 5.88. The van der Waals surface area contributed by atoms with Crippen molar-refractivity contribution in [3.63, 3.8) is 0 Å².